The van der Waals surface area contributed by atoms with Crippen molar-refractivity contribution in [2.24, 2.45) is 5.41 Å². The number of halogens is 1. The molecule has 5 heteroatoms. The first-order valence-corrected chi connectivity index (χ1v) is 8.08. The average Bonchev–Trinajstić information content (AvgIpc) is 2.97. The van der Waals surface area contributed by atoms with Gasteiger partial charge in [-0.05, 0) is 55.7 Å². The zero-order valence-electron chi connectivity index (χ0n) is 12.0. The predicted molar refractivity (Wildman–Crippen MR) is 86.1 cm³/mol. The van der Waals surface area contributed by atoms with E-state index in [2.05, 4.69) is 23.6 Å². The van der Waals surface area contributed by atoms with E-state index in [0.29, 0.717) is 0 Å². The lowest BCUT2D eigenvalue weighted by atomic mass is 9.83. The number of hydrogen-bond donors (Lipinski definition) is 2. The molecule has 2 heterocycles. The molecule has 0 saturated carbocycles. The number of fused-ring (bicyclic) bond motifs is 1. The number of piperidine rings is 1. The van der Waals surface area contributed by atoms with Crippen LogP contribution in [0.25, 0.3) is 0 Å². The summed E-state index contributed by atoms with van der Waals surface area (Å²) < 4.78 is 0. The van der Waals surface area contributed by atoms with Gasteiger partial charge in [-0.3, -0.25) is 4.79 Å². The minimum absolute atomic E-state index is 0. The van der Waals surface area contributed by atoms with Gasteiger partial charge >= 0.3 is 0 Å². The predicted octanol–water partition coefficient (Wildman–Crippen LogP) is 2.78. The van der Waals surface area contributed by atoms with Crippen molar-refractivity contribution in [3.05, 3.63) is 21.4 Å². The molecule has 1 aromatic rings. The Morgan fingerprint density at radius 2 is 2.30 bits per heavy atom. The monoisotopic (exact) mass is 314 g/mol. The van der Waals surface area contributed by atoms with Crippen molar-refractivity contribution in [1.29, 1.82) is 0 Å². The highest BCUT2D eigenvalue weighted by Gasteiger charge is 2.27. The van der Waals surface area contributed by atoms with E-state index in [-0.39, 0.29) is 23.7 Å². The summed E-state index contributed by atoms with van der Waals surface area (Å²) >= 11 is 1.69. The van der Waals surface area contributed by atoms with Crippen LogP contribution in [0, 0.1) is 5.41 Å². The molecule has 20 heavy (non-hydrogen) atoms. The number of carbonyl (C=O) groups excluding carboxylic acids is 1. The summed E-state index contributed by atoms with van der Waals surface area (Å²) in [6.07, 6.45) is 5.98. The van der Waals surface area contributed by atoms with Crippen LogP contribution < -0.4 is 10.6 Å². The second kappa shape index (κ2) is 6.46. The van der Waals surface area contributed by atoms with Gasteiger partial charge in [0.15, 0.2) is 0 Å². The third-order valence-corrected chi connectivity index (χ3v) is 5.57. The third kappa shape index (κ3) is 3.35. The molecule has 3 nitrogen and oxygen atoms in total. The fourth-order valence-corrected chi connectivity index (χ4v) is 4.26. The Balaban J connectivity index is 0.00000147. The van der Waals surface area contributed by atoms with Crippen LogP contribution in [0.3, 0.4) is 0 Å². The second-order valence-electron chi connectivity index (χ2n) is 6.19. The number of rotatable bonds is 3. The van der Waals surface area contributed by atoms with Crippen LogP contribution in [-0.2, 0) is 12.8 Å². The van der Waals surface area contributed by atoms with Crippen molar-refractivity contribution < 1.29 is 4.79 Å². The maximum Gasteiger partial charge on any atom is 0.261 e. The molecule has 1 unspecified atom stereocenters. The van der Waals surface area contributed by atoms with Crippen molar-refractivity contribution in [2.75, 3.05) is 19.6 Å². The summed E-state index contributed by atoms with van der Waals surface area (Å²) in [5.41, 5.74) is 1.62. The van der Waals surface area contributed by atoms with Crippen molar-refractivity contribution in [2.45, 2.75) is 39.0 Å². The van der Waals surface area contributed by atoms with Gasteiger partial charge in [-0.25, -0.2) is 0 Å². The first-order chi connectivity index (χ1) is 9.16. The smallest absolute Gasteiger partial charge is 0.261 e. The number of amides is 1. The molecular weight excluding hydrogens is 292 g/mol. The molecule has 1 saturated heterocycles. The number of aryl methyl sites for hydroxylation is 2. The van der Waals surface area contributed by atoms with E-state index in [1.807, 2.05) is 0 Å². The van der Waals surface area contributed by atoms with Crippen LogP contribution in [0.15, 0.2) is 6.07 Å². The fraction of sp³-hybridized carbons (Fsp3) is 0.667. The van der Waals surface area contributed by atoms with E-state index in [1.165, 1.54) is 29.7 Å². The van der Waals surface area contributed by atoms with Crippen LogP contribution in [0.5, 0.6) is 0 Å². The number of hydrogen-bond acceptors (Lipinski definition) is 3. The topological polar surface area (TPSA) is 41.1 Å². The molecule has 0 radical (unpaired) electrons. The molecule has 0 bridgehead atoms. The fourth-order valence-electron chi connectivity index (χ4n) is 3.09. The highest BCUT2D eigenvalue weighted by atomic mass is 35.5. The van der Waals surface area contributed by atoms with Crippen molar-refractivity contribution in [3.63, 3.8) is 0 Å². The molecule has 1 amide bonds. The first-order valence-electron chi connectivity index (χ1n) is 7.27. The standard InChI is InChI=1S/C15H22N2OS.ClH/c1-15(6-3-7-16-9-15)10-17-14(18)13-8-11-4-2-5-12(11)19-13;/h8,16H,2-7,9-10H2,1H3,(H,17,18);1H. The normalized spacial score (nSPS) is 24.9. The van der Waals surface area contributed by atoms with Crippen LogP contribution in [0.2, 0.25) is 0 Å². The van der Waals surface area contributed by atoms with E-state index in [9.17, 15) is 4.79 Å². The van der Waals surface area contributed by atoms with Gasteiger partial charge in [0.1, 0.15) is 0 Å². The van der Waals surface area contributed by atoms with E-state index < -0.39 is 0 Å². The molecule has 0 aromatic carbocycles. The molecular formula is C15H23ClN2OS. The van der Waals surface area contributed by atoms with Crippen LogP contribution >= 0.6 is 23.7 Å². The minimum atomic E-state index is 0. The lowest BCUT2D eigenvalue weighted by molar-refractivity contribution is 0.0928. The van der Waals surface area contributed by atoms with Crippen LogP contribution in [-0.4, -0.2) is 25.5 Å². The molecule has 112 valence electrons. The van der Waals surface area contributed by atoms with Crippen molar-refractivity contribution >= 4 is 29.7 Å². The zero-order chi connectivity index (χ0) is 13.3. The minimum Gasteiger partial charge on any atom is -0.351 e. The molecule has 2 aliphatic rings. The number of nitrogens with one attached hydrogen (secondary N) is 2. The lowest BCUT2D eigenvalue weighted by Crippen LogP contribution is -2.45. The van der Waals surface area contributed by atoms with Gasteiger partial charge in [-0.15, -0.1) is 23.7 Å². The Bertz CT molecular complexity index is 459. The molecule has 1 atom stereocenters. The van der Waals surface area contributed by atoms with Gasteiger partial charge in [0, 0.05) is 18.0 Å². The third-order valence-electron chi connectivity index (χ3n) is 4.33. The zero-order valence-corrected chi connectivity index (χ0v) is 13.6. The molecule has 0 spiro atoms. The summed E-state index contributed by atoms with van der Waals surface area (Å²) in [4.78, 5) is 14.5. The van der Waals surface area contributed by atoms with Gasteiger partial charge < -0.3 is 10.6 Å². The molecule has 1 fully saturated rings. The summed E-state index contributed by atoms with van der Waals surface area (Å²) in [5, 5.41) is 6.55. The highest BCUT2D eigenvalue weighted by Crippen LogP contribution is 2.31. The average molecular weight is 315 g/mol. The molecule has 3 rings (SSSR count). The lowest BCUT2D eigenvalue weighted by Gasteiger charge is -2.34. The second-order valence-corrected chi connectivity index (χ2v) is 7.32. The summed E-state index contributed by atoms with van der Waals surface area (Å²) in [7, 11) is 0. The number of carbonyl (C=O) groups is 1. The molecule has 2 N–H and O–H groups in total. The molecule has 1 aromatic heterocycles. The SMILES string of the molecule is CC1(CNC(=O)c2cc3c(s2)CCC3)CCCNC1.Cl. The summed E-state index contributed by atoms with van der Waals surface area (Å²) in [6, 6.07) is 2.10. The maximum atomic E-state index is 12.2. The Labute approximate surface area is 130 Å². The highest BCUT2D eigenvalue weighted by molar-refractivity contribution is 7.14. The van der Waals surface area contributed by atoms with Gasteiger partial charge in [0.05, 0.1) is 4.88 Å². The maximum absolute atomic E-state index is 12.2. The van der Waals surface area contributed by atoms with E-state index in [1.54, 1.807) is 11.3 Å². The van der Waals surface area contributed by atoms with Crippen LogP contribution in [0.4, 0.5) is 0 Å². The van der Waals surface area contributed by atoms with E-state index in [4.69, 9.17) is 0 Å². The quantitative estimate of drug-likeness (QED) is 0.901. The Morgan fingerprint density at radius 1 is 1.45 bits per heavy atom. The largest absolute Gasteiger partial charge is 0.351 e. The first kappa shape index (κ1) is 15.8. The van der Waals surface area contributed by atoms with E-state index in [0.717, 1.165) is 37.4 Å². The number of thiophene rings is 1. The Morgan fingerprint density at radius 3 is 3.00 bits per heavy atom. The molecule has 1 aliphatic carbocycles. The van der Waals surface area contributed by atoms with Crippen LogP contribution in [0.1, 0.15) is 46.3 Å². The van der Waals surface area contributed by atoms with Gasteiger partial charge in [-0.2, -0.15) is 0 Å². The van der Waals surface area contributed by atoms with Gasteiger partial charge in [0.2, 0.25) is 0 Å². The Kier molecular flexibility index (Phi) is 5.10. The summed E-state index contributed by atoms with van der Waals surface area (Å²) in [6.45, 7) is 5.16. The van der Waals surface area contributed by atoms with Gasteiger partial charge in [-0.1, -0.05) is 6.92 Å². The van der Waals surface area contributed by atoms with Crippen molar-refractivity contribution in [1.82, 2.24) is 10.6 Å². The van der Waals surface area contributed by atoms with Crippen molar-refractivity contribution in [3.8, 4) is 0 Å². The molecule has 1 aliphatic heterocycles. The Hall–Kier alpha value is -0.580. The summed E-state index contributed by atoms with van der Waals surface area (Å²) in [5.74, 6) is 0.117. The van der Waals surface area contributed by atoms with E-state index >= 15 is 0 Å². The van der Waals surface area contributed by atoms with Gasteiger partial charge in [0.25, 0.3) is 5.91 Å².